The molecule has 1 heterocycles. The largest absolute Gasteiger partial charge is 0.391 e. The summed E-state index contributed by atoms with van der Waals surface area (Å²) in [6, 6.07) is 5.42. The van der Waals surface area contributed by atoms with Gasteiger partial charge in [-0.25, -0.2) is 12.7 Å². The molecule has 1 aliphatic rings. The molecule has 0 N–H and O–H groups in total. The molecule has 0 saturated heterocycles. The second kappa shape index (κ2) is 7.17. The van der Waals surface area contributed by atoms with Crippen LogP contribution in [0.1, 0.15) is 31.4 Å². The fourth-order valence-electron chi connectivity index (χ4n) is 2.89. The van der Waals surface area contributed by atoms with E-state index < -0.39 is 27.4 Å². The zero-order valence-corrected chi connectivity index (χ0v) is 13.8. The number of nitrogens with zero attached hydrogens (tertiary/aromatic N) is 2. The maximum Gasteiger partial charge on any atom is 0.391 e. The number of pyridine rings is 1. The summed E-state index contributed by atoms with van der Waals surface area (Å²) in [6.07, 6.45) is -2.18. The Labute approximate surface area is 134 Å². The summed E-state index contributed by atoms with van der Waals surface area (Å²) in [7, 11) is -2.08. The van der Waals surface area contributed by atoms with Gasteiger partial charge >= 0.3 is 6.18 Å². The molecule has 1 aromatic rings. The molecule has 0 radical (unpaired) electrons. The molecule has 23 heavy (non-hydrogen) atoms. The number of hydrogen-bond acceptors (Lipinski definition) is 3. The Morgan fingerprint density at radius 3 is 2.39 bits per heavy atom. The summed E-state index contributed by atoms with van der Waals surface area (Å²) in [5, 5.41) is -0.713. The van der Waals surface area contributed by atoms with Gasteiger partial charge in [0.25, 0.3) is 0 Å². The van der Waals surface area contributed by atoms with Crippen molar-refractivity contribution in [3.63, 3.8) is 0 Å². The van der Waals surface area contributed by atoms with Crippen molar-refractivity contribution in [3.8, 4) is 0 Å². The molecule has 1 fully saturated rings. The monoisotopic (exact) mass is 350 g/mol. The third-order valence-corrected chi connectivity index (χ3v) is 6.77. The first-order chi connectivity index (χ1) is 10.7. The summed E-state index contributed by atoms with van der Waals surface area (Å²) in [5.41, 5.74) is 0.787. The van der Waals surface area contributed by atoms with Crippen LogP contribution in [0.5, 0.6) is 0 Å². The van der Waals surface area contributed by atoms with Gasteiger partial charge in [0.05, 0.1) is 11.2 Å². The molecule has 1 aromatic heterocycles. The van der Waals surface area contributed by atoms with Gasteiger partial charge in [-0.2, -0.15) is 13.2 Å². The first-order valence-electron chi connectivity index (χ1n) is 7.63. The maximum absolute atomic E-state index is 12.7. The van der Waals surface area contributed by atoms with Crippen molar-refractivity contribution in [2.75, 3.05) is 13.6 Å². The van der Waals surface area contributed by atoms with E-state index in [1.54, 1.807) is 12.3 Å². The average molecular weight is 350 g/mol. The maximum atomic E-state index is 12.7. The highest BCUT2D eigenvalue weighted by atomic mass is 32.2. The zero-order chi connectivity index (χ0) is 17.1. The summed E-state index contributed by atoms with van der Waals surface area (Å²) < 4.78 is 64.2. The lowest BCUT2D eigenvalue weighted by Gasteiger charge is -2.31. The van der Waals surface area contributed by atoms with Gasteiger partial charge in [0.1, 0.15) is 0 Å². The van der Waals surface area contributed by atoms with Crippen LogP contribution in [-0.4, -0.2) is 42.7 Å². The quantitative estimate of drug-likeness (QED) is 0.820. The molecule has 8 heteroatoms. The minimum atomic E-state index is -4.22. The molecular formula is C15H21F3N2O2S. The predicted molar refractivity (Wildman–Crippen MR) is 81.3 cm³/mol. The lowest BCUT2D eigenvalue weighted by atomic mass is 9.88. The zero-order valence-electron chi connectivity index (χ0n) is 13.0. The Hall–Kier alpha value is -1.15. The van der Waals surface area contributed by atoms with Crippen LogP contribution in [0.3, 0.4) is 0 Å². The molecular weight excluding hydrogens is 329 g/mol. The smallest absolute Gasteiger partial charge is 0.261 e. The summed E-state index contributed by atoms with van der Waals surface area (Å²) in [5.74, 6) is -1.37. The van der Waals surface area contributed by atoms with Crippen molar-refractivity contribution >= 4 is 10.0 Å². The molecule has 130 valence electrons. The highest BCUT2D eigenvalue weighted by Crippen LogP contribution is 2.39. The van der Waals surface area contributed by atoms with E-state index in [2.05, 4.69) is 4.98 Å². The van der Waals surface area contributed by atoms with Crippen LogP contribution in [0.25, 0.3) is 0 Å². The Kier molecular flexibility index (Phi) is 5.67. The van der Waals surface area contributed by atoms with Gasteiger partial charge in [0.15, 0.2) is 0 Å². The molecule has 0 aliphatic heterocycles. The second-order valence-corrected chi connectivity index (χ2v) is 8.27. The highest BCUT2D eigenvalue weighted by Gasteiger charge is 2.44. The number of halogens is 3. The van der Waals surface area contributed by atoms with Crippen molar-refractivity contribution in [2.45, 2.75) is 43.5 Å². The first-order valence-corrected chi connectivity index (χ1v) is 9.13. The van der Waals surface area contributed by atoms with Crippen LogP contribution in [0, 0.1) is 5.92 Å². The Balaban J connectivity index is 1.91. The first kappa shape index (κ1) is 18.2. The fourth-order valence-corrected chi connectivity index (χ4v) is 4.61. The topological polar surface area (TPSA) is 50.3 Å². The van der Waals surface area contributed by atoms with Gasteiger partial charge in [-0.3, -0.25) is 4.98 Å². The Bertz CT molecular complexity index is 597. The van der Waals surface area contributed by atoms with Crippen molar-refractivity contribution in [1.82, 2.24) is 9.29 Å². The van der Waals surface area contributed by atoms with Crippen LogP contribution < -0.4 is 0 Å². The number of hydrogen-bond donors (Lipinski definition) is 0. The fraction of sp³-hybridized carbons (Fsp3) is 0.667. The minimum Gasteiger partial charge on any atom is -0.261 e. The summed E-state index contributed by atoms with van der Waals surface area (Å²) in [6.45, 7) is 0.276. The average Bonchev–Trinajstić information content (AvgIpc) is 2.52. The predicted octanol–water partition coefficient (Wildman–Crippen LogP) is 3.01. The number of sulfonamides is 1. The Morgan fingerprint density at radius 2 is 1.87 bits per heavy atom. The van der Waals surface area contributed by atoms with Crippen molar-refractivity contribution in [3.05, 3.63) is 30.1 Å². The van der Waals surface area contributed by atoms with Gasteiger partial charge < -0.3 is 0 Å². The van der Waals surface area contributed by atoms with E-state index in [0.29, 0.717) is 6.42 Å². The lowest BCUT2D eigenvalue weighted by Crippen LogP contribution is -2.40. The van der Waals surface area contributed by atoms with E-state index in [0.717, 1.165) is 5.69 Å². The van der Waals surface area contributed by atoms with Crippen molar-refractivity contribution < 1.29 is 21.6 Å². The minimum absolute atomic E-state index is 0.0699. The SMILES string of the molecule is CN(CCc1ccccn1)S(=O)(=O)C1CCC(C(F)(F)F)CC1. The third-order valence-electron chi connectivity index (χ3n) is 4.40. The van der Waals surface area contributed by atoms with E-state index in [-0.39, 0.29) is 32.2 Å². The van der Waals surface area contributed by atoms with E-state index in [9.17, 15) is 21.6 Å². The van der Waals surface area contributed by atoms with E-state index >= 15 is 0 Å². The number of likely N-dealkylation sites (N-methyl/N-ethyl adjacent to an activating group) is 1. The second-order valence-electron chi connectivity index (χ2n) is 5.95. The molecule has 0 unspecified atom stereocenters. The van der Waals surface area contributed by atoms with E-state index in [1.807, 2.05) is 12.1 Å². The summed E-state index contributed by atoms with van der Waals surface area (Å²) >= 11 is 0. The van der Waals surface area contributed by atoms with Gasteiger partial charge in [-0.05, 0) is 37.8 Å². The molecule has 1 saturated carbocycles. The van der Waals surface area contributed by atoms with Gasteiger partial charge in [0.2, 0.25) is 10.0 Å². The van der Waals surface area contributed by atoms with Crippen LogP contribution in [0.15, 0.2) is 24.4 Å². The molecule has 0 bridgehead atoms. The van der Waals surface area contributed by atoms with Crippen LogP contribution in [0.4, 0.5) is 13.2 Å². The summed E-state index contributed by atoms with van der Waals surface area (Å²) in [4.78, 5) is 4.14. The Morgan fingerprint density at radius 1 is 1.22 bits per heavy atom. The molecule has 4 nitrogen and oxygen atoms in total. The van der Waals surface area contributed by atoms with Crippen molar-refractivity contribution in [1.29, 1.82) is 0 Å². The van der Waals surface area contributed by atoms with Crippen LogP contribution in [0.2, 0.25) is 0 Å². The van der Waals surface area contributed by atoms with E-state index in [4.69, 9.17) is 0 Å². The molecule has 0 aromatic carbocycles. The standard InChI is InChI=1S/C15H21F3N2O2S/c1-20(11-9-13-4-2-3-10-19-13)23(21,22)14-7-5-12(6-8-14)15(16,17)18/h2-4,10,12,14H,5-9,11H2,1H3. The van der Waals surface area contributed by atoms with Crippen LogP contribution in [-0.2, 0) is 16.4 Å². The van der Waals surface area contributed by atoms with Gasteiger partial charge in [0, 0.05) is 31.9 Å². The molecule has 2 rings (SSSR count). The van der Waals surface area contributed by atoms with Crippen LogP contribution >= 0.6 is 0 Å². The van der Waals surface area contributed by atoms with E-state index in [1.165, 1.54) is 11.4 Å². The number of aromatic nitrogens is 1. The number of rotatable bonds is 5. The number of alkyl halides is 3. The lowest BCUT2D eigenvalue weighted by molar-refractivity contribution is -0.181. The molecule has 0 amide bonds. The molecule has 1 aliphatic carbocycles. The van der Waals surface area contributed by atoms with Gasteiger partial charge in [-0.15, -0.1) is 0 Å². The third kappa shape index (κ3) is 4.67. The molecule has 0 atom stereocenters. The highest BCUT2D eigenvalue weighted by molar-refractivity contribution is 7.89. The normalized spacial score (nSPS) is 23.2. The molecule has 0 spiro atoms. The van der Waals surface area contributed by atoms with Gasteiger partial charge in [-0.1, -0.05) is 6.07 Å². The van der Waals surface area contributed by atoms with Crippen molar-refractivity contribution in [2.24, 2.45) is 5.92 Å².